The molecule has 1 N–H and O–H groups in total. The minimum atomic E-state index is -0.0685. The lowest BCUT2D eigenvalue weighted by atomic mass is 10.1. The summed E-state index contributed by atoms with van der Waals surface area (Å²) < 4.78 is 7.30. The fraction of sp³-hybridized carbons (Fsp3) is 0.412. The van der Waals surface area contributed by atoms with Crippen LogP contribution in [0, 0.1) is 6.92 Å². The molecule has 0 spiro atoms. The van der Waals surface area contributed by atoms with Crippen LogP contribution in [0.5, 0.6) is 0 Å². The summed E-state index contributed by atoms with van der Waals surface area (Å²) >= 11 is 0. The molecule has 2 heterocycles. The van der Waals surface area contributed by atoms with E-state index in [0.717, 1.165) is 30.5 Å². The number of rotatable bonds is 4. The Labute approximate surface area is 128 Å². The monoisotopic (exact) mass is 300 g/mol. The fourth-order valence-electron chi connectivity index (χ4n) is 2.81. The number of ether oxygens (including phenoxy) is 1. The molecule has 22 heavy (non-hydrogen) atoms. The summed E-state index contributed by atoms with van der Waals surface area (Å²) in [4.78, 5) is 24.0. The minimum Gasteiger partial charge on any atom is -0.376 e. The smallest absolute Gasteiger partial charge is 0.240 e. The zero-order valence-corrected chi connectivity index (χ0v) is 12.7. The van der Waals surface area contributed by atoms with E-state index in [1.54, 1.807) is 10.8 Å². The number of fused-ring (bicyclic) bond motifs is 1. The lowest BCUT2D eigenvalue weighted by Crippen LogP contribution is -2.34. The number of aromatic nitrogens is 1. The van der Waals surface area contributed by atoms with Crippen LogP contribution in [0.4, 0.5) is 0 Å². The van der Waals surface area contributed by atoms with E-state index in [4.69, 9.17) is 4.74 Å². The van der Waals surface area contributed by atoms with Gasteiger partial charge in [0.25, 0.3) is 0 Å². The van der Waals surface area contributed by atoms with E-state index in [9.17, 15) is 9.59 Å². The molecular weight excluding hydrogens is 280 g/mol. The summed E-state index contributed by atoms with van der Waals surface area (Å²) in [6.07, 6.45) is 3.87. The first kappa shape index (κ1) is 14.8. The summed E-state index contributed by atoms with van der Waals surface area (Å²) in [5.41, 5.74) is 1.80. The maximum Gasteiger partial charge on any atom is 0.240 e. The normalized spacial score (nSPS) is 17.8. The second-order valence-electron chi connectivity index (χ2n) is 5.77. The van der Waals surface area contributed by atoms with Gasteiger partial charge in [0.2, 0.25) is 5.91 Å². The highest BCUT2D eigenvalue weighted by molar-refractivity contribution is 5.82. The molecule has 1 fully saturated rings. The molecule has 1 aliphatic rings. The zero-order valence-electron chi connectivity index (χ0n) is 12.7. The molecule has 116 valence electrons. The van der Waals surface area contributed by atoms with E-state index in [1.807, 2.05) is 25.1 Å². The molecule has 1 atom stereocenters. The average molecular weight is 300 g/mol. The van der Waals surface area contributed by atoms with Gasteiger partial charge in [0.15, 0.2) is 5.43 Å². The number of nitrogens with one attached hydrogen (secondary N) is 1. The van der Waals surface area contributed by atoms with Crippen molar-refractivity contribution < 1.29 is 9.53 Å². The van der Waals surface area contributed by atoms with Gasteiger partial charge in [-0.05, 0) is 31.9 Å². The molecule has 1 aliphatic heterocycles. The van der Waals surface area contributed by atoms with Gasteiger partial charge in [-0.15, -0.1) is 0 Å². The topological polar surface area (TPSA) is 60.3 Å². The van der Waals surface area contributed by atoms with E-state index in [0.29, 0.717) is 11.9 Å². The summed E-state index contributed by atoms with van der Waals surface area (Å²) in [6, 6.07) is 7.20. The van der Waals surface area contributed by atoms with E-state index in [-0.39, 0.29) is 24.0 Å². The lowest BCUT2D eigenvalue weighted by molar-refractivity contribution is -0.122. The van der Waals surface area contributed by atoms with Crippen LogP contribution in [-0.2, 0) is 16.1 Å². The van der Waals surface area contributed by atoms with Crippen LogP contribution in [0.25, 0.3) is 10.9 Å². The Morgan fingerprint density at radius 3 is 3.05 bits per heavy atom. The maximum atomic E-state index is 12.1. The first-order valence-electron chi connectivity index (χ1n) is 7.61. The third-order valence-corrected chi connectivity index (χ3v) is 4.00. The lowest BCUT2D eigenvalue weighted by Gasteiger charge is -2.13. The summed E-state index contributed by atoms with van der Waals surface area (Å²) in [5.74, 6) is -0.0685. The van der Waals surface area contributed by atoms with Crippen molar-refractivity contribution in [3.8, 4) is 0 Å². The largest absolute Gasteiger partial charge is 0.376 e. The molecule has 1 aromatic heterocycles. The first-order valence-corrected chi connectivity index (χ1v) is 7.61. The van der Waals surface area contributed by atoms with Gasteiger partial charge in [-0.25, -0.2) is 0 Å². The van der Waals surface area contributed by atoms with Crippen molar-refractivity contribution in [3.05, 3.63) is 46.2 Å². The molecule has 0 saturated carbocycles. The molecule has 3 rings (SSSR count). The quantitative estimate of drug-likeness (QED) is 0.933. The molecule has 0 aliphatic carbocycles. The van der Waals surface area contributed by atoms with Crippen LogP contribution in [0.2, 0.25) is 0 Å². The number of amides is 1. The molecular formula is C17H20N2O3. The number of aryl methyl sites for hydroxylation is 1. The number of pyridine rings is 1. The first-order chi connectivity index (χ1) is 10.6. The third kappa shape index (κ3) is 3.20. The zero-order chi connectivity index (χ0) is 15.5. The fourth-order valence-corrected chi connectivity index (χ4v) is 2.81. The van der Waals surface area contributed by atoms with E-state index < -0.39 is 0 Å². The number of carbonyl (C=O) groups excluding carboxylic acids is 1. The second kappa shape index (κ2) is 6.32. The summed E-state index contributed by atoms with van der Waals surface area (Å²) in [5, 5.41) is 3.55. The van der Waals surface area contributed by atoms with Gasteiger partial charge < -0.3 is 14.6 Å². The third-order valence-electron chi connectivity index (χ3n) is 4.00. The van der Waals surface area contributed by atoms with E-state index in [1.165, 1.54) is 6.07 Å². The van der Waals surface area contributed by atoms with Crippen LogP contribution >= 0.6 is 0 Å². The number of hydrogen-bond donors (Lipinski definition) is 1. The number of nitrogens with zero attached hydrogens (tertiary/aromatic N) is 1. The van der Waals surface area contributed by atoms with Gasteiger partial charge in [0.05, 0.1) is 11.6 Å². The van der Waals surface area contributed by atoms with Gasteiger partial charge in [-0.1, -0.05) is 11.6 Å². The van der Waals surface area contributed by atoms with Gasteiger partial charge in [-0.3, -0.25) is 9.59 Å². The molecule has 1 amide bonds. The van der Waals surface area contributed by atoms with Crippen molar-refractivity contribution in [3.63, 3.8) is 0 Å². The number of hydrogen-bond acceptors (Lipinski definition) is 3. The van der Waals surface area contributed by atoms with Crippen molar-refractivity contribution in [2.75, 3.05) is 13.2 Å². The van der Waals surface area contributed by atoms with Crippen molar-refractivity contribution in [2.45, 2.75) is 32.4 Å². The van der Waals surface area contributed by atoms with Crippen molar-refractivity contribution in [1.82, 2.24) is 9.88 Å². The van der Waals surface area contributed by atoms with Crippen molar-refractivity contribution in [2.24, 2.45) is 0 Å². The Balaban J connectivity index is 1.74. The Morgan fingerprint density at radius 1 is 1.41 bits per heavy atom. The molecule has 0 radical (unpaired) electrons. The highest BCUT2D eigenvalue weighted by Gasteiger charge is 2.16. The summed E-state index contributed by atoms with van der Waals surface area (Å²) in [7, 11) is 0. The van der Waals surface area contributed by atoms with E-state index >= 15 is 0 Å². The average Bonchev–Trinajstić information content (AvgIpc) is 3.02. The van der Waals surface area contributed by atoms with Gasteiger partial charge >= 0.3 is 0 Å². The minimum absolute atomic E-state index is 0.0188. The summed E-state index contributed by atoms with van der Waals surface area (Å²) in [6.45, 7) is 3.48. The molecule has 1 saturated heterocycles. The molecule has 1 aromatic carbocycles. The van der Waals surface area contributed by atoms with Crippen molar-refractivity contribution >= 4 is 16.8 Å². The predicted octanol–water partition coefficient (Wildman–Crippen LogP) is 1.61. The molecule has 5 nitrogen and oxygen atoms in total. The van der Waals surface area contributed by atoms with Crippen LogP contribution in [0.1, 0.15) is 18.4 Å². The SMILES string of the molecule is Cc1ccc2c(c1)c(=O)ccn2CC(=O)NC[C@H]1CCCO1. The molecule has 2 aromatic rings. The molecule has 5 heteroatoms. The number of carbonyl (C=O) groups is 1. The molecule has 0 bridgehead atoms. The Morgan fingerprint density at radius 2 is 2.27 bits per heavy atom. The van der Waals surface area contributed by atoms with Gasteiger partial charge in [0.1, 0.15) is 6.54 Å². The standard InChI is InChI=1S/C17H20N2O3/c1-12-4-5-15-14(9-12)16(20)6-7-19(15)11-17(21)18-10-13-3-2-8-22-13/h4-7,9,13H,2-3,8,10-11H2,1H3,(H,18,21)/t13-/m1/s1. The molecule has 0 unspecified atom stereocenters. The second-order valence-corrected chi connectivity index (χ2v) is 5.77. The predicted molar refractivity (Wildman–Crippen MR) is 84.9 cm³/mol. The highest BCUT2D eigenvalue weighted by Crippen LogP contribution is 2.13. The maximum absolute atomic E-state index is 12.1. The Kier molecular flexibility index (Phi) is 4.24. The van der Waals surface area contributed by atoms with Crippen molar-refractivity contribution in [1.29, 1.82) is 0 Å². The van der Waals surface area contributed by atoms with Crippen LogP contribution < -0.4 is 10.7 Å². The number of benzene rings is 1. The van der Waals surface area contributed by atoms with Gasteiger partial charge in [-0.2, -0.15) is 0 Å². The Hall–Kier alpha value is -2.14. The Bertz CT molecular complexity index is 745. The van der Waals surface area contributed by atoms with Gasteiger partial charge in [0, 0.05) is 30.8 Å². The highest BCUT2D eigenvalue weighted by atomic mass is 16.5. The van der Waals surface area contributed by atoms with E-state index in [2.05, 4.69) is 5.32 Å². The van der Waals surface area contributed by atoms with Crippen LogP contribution in [0.3, 0.4) is 0 Å². The van der Waals surface area contributed by atoms with Crippen LogP contribution in [0.15, 0.2) is 35.3 Å². The van der Waals surface area contributed by atoms with Crippen LogP contribution in [-0.4, -0.2) is 29.7 Å².